The summed E-state index contributed by atoms with van der Waals surface area (Å²) < 4.78 is 22.2. The first-order valence-electron chi connectivity index (χ1n) is 6.52. The fourth-order valence-electron chi connectivity index (χ4n) is 2.38. The van der Waals surface area contributed by atoms with Crippen LogP contribution in [0.1, 0.15) is 18.4 Å². The number of primary amides is 1. The zero-order valence-electron chi connectivity index (χ0n) is 11.3. The molecule has 0 spiro atoms. The van der Waals surface area contributed by atoms with Crippen LogP contribution >= 0.6 is 0 Å². The monoisotopic (exact) mass is 308 g/mol. The molecule has 7 heteroatoms. The van der Waals surface area contributed by atoms with Crippen molar-refractivity contribution in [3.8, 4) is 0 Å². The lowest BCUT2D eigenvalue weighted by Gasteiger charge is -2.20. The maximum absolute atomic E-state index is 12.1. The molecule has 1 atom stereocenters. The van der Waals surface area contributed by atoms with Gasteiger partial charge in [-0.1, -0.05) is 18.2 Å². The number of amides is 2. The Morgan fingerprint density at radius 3 is 2.67 bits per heavy atom. The van der Waals surface area contributed by atoms with E-state index in [2.05, 4.69) is 0 Å². The van der Waals surface area contributed by atoms with Crippen LogP contribution in [0.5, 0.6) is 0 Å². The molecule has 112 valence electrons. The van der Waals surface area contributed by atoms with Gasteiger partial charge in [0.05, 0.1) is 4.90 Å². The molecular weight excluding hydrogens is 292 g/mol. The number of nitrogens with two attached hydrogens (primary N) is 1. The minimum Gasteiger partial charge on any atom is -0.368 e. The molecule has 2 amide bonds. The number of carbonyl (C=O) groups is 2. The molecule has 0 unspecified atom stereocenters. The molecule has 2 N–H and O–H groups in total. The average molecular weight is 308 g/mol. The van der Waals surface area contributed by atoms with E-state index in [0.29, 0.717) is 18.5 Å². The van der Waals surface area contributed by atoms with E-state index in [9.17, 15) is 18.0 Å². The maximum atomic E-state index is 12.1. The lowest BCUT2D eigenvalue weighted by molar-refractivity contribution is -0.133. The van der Waals surface area contributed by atoms with E-state index in [0.717, 1.165) is 6.42 Å². The summed E-state index contributed by atoms with van der Waals surface area (Å²) >= 11 is 0. The Kier molecular flexibility index (Phi) is 4.74. The Balaban J connectivity index is 2.18. The summed E-state index contributed by atoms with van der Waals surface area (Å²) in [6.45, 7) is 0.480. The largest absolute Gasteiger partial charge is 0.368 e. The number of benzene rings is 1. The van der Waals surface area contributed by atoms with Crippen LogP contribution in [0.3, 0.4) is 0 Å². The molecular formula is C14H16N2O4S. The molecule has 0 radical (unpaired) electrons. The Labute approximate surface area is 124 Å². The third-order valence-corrected chi connectivity index (χ3v) is 4.20. The topological polar surface area (TPSA) is 97.5 Å². The van der Waals surface area contributed by atoms with Gasteiger partial charge in [-0.3, -0.25) is 9.59 Å². The predicted octanol–water partition coefficient (Wildman–Crippen LogP) is 0.146. The molecule has 1 heterocycles. The van der Waals surface area contributed by atoms with Crippen molar-refractivity contribution in [2.24, 2.45) is 5.73 Å². The van der Waals surface area contributed by atoms with Crippen LogP contribution < -0.4 is 5.73 Å². The van der Waals surface area contributed by atoms with Gasteiger partial charge >= 0.3 is 0 Å². The fourth-order valence-corrected chi connectivity index (χ4v) is 2.95. The van der Waals surface area contributed by atoms with Crippen molar-refractivity contribution in [2.45, 2.75) is 23.8 Å². The molecule has 1 saturated heterocycles. The number of carbonyl (C=O) groups excluding carboxylic acids is 2. The number of likely N-dealkylation sites (tertiary alicyclic amines) is 1. The second-order valence-corrected chi connectivity index (χ2v) is 5.74. The number of hydrogen-bond acceptors (Lipinski definition) is 4. The van der Waals surface area contributed by atoms with Crippen molar-refractivity contribution in [1.29, 1.82) is 0 Å². The smallest absolute Gasteiger partial charge is 0.247 e. The number of nitrogens with zero attached hydrogens (tertiary/aromatic N) is 1. The van der Waals surface area contributed by atoms with Crippen molar-refractivity contribution in [2.75, 3.05) is 6.54 Å². The van der Waals surface area contributed by atoms with Gasteiger partial charge in [-0.2, -0.15) is 0 Å². The van der Waals surface area contributed by atoms with Crippen molar-refractivity contribution in [3.63, 3.8) is 0 Å². The third-order valence-electron chi connectivity index (χ3n) is 3.40. The van der Waals surface area contributed by atoms with E-state index in [4.69, 9.17) is 5.73 Å². The first kappa shape index (κ1) is 15.2. The molecule has 1 aliphatic rings. The number of thiol groups is 1. The lowest BCUT2D eigenvalue weighted by Crippen LogP contribution is -2.43. The van der Waals surface area contributed by atoms with Gasteiger partial charge in [0.25, 0.3) is 0 Å². The summed E-state index contributed by atoms with van der Waals surface area (Å²) in [5, 5.41) is 0. The van der Waals surface area contributed by atoms with E-state index in [1.54, 1.807) is 18.2 Å². The van der Waals surface area contributed by atoms with Crippen LogP contribution in [0, 0.1) is 0 Å². The summed E-state index contributed by atoms with van der Waals surface area (Å²) in [6.07, 6.45) is 4.02. The number of hydrogen-bond donors (Lipinski definition) is 2. The minimum absolute atomic E-state index is 0.157. The van der Waals surface area contributed by atoms with Crippen LogP contribution in [0.4, 0.5) is 0 Å². The van der Waals surface area contributed by atoms with Crippen LogP contribution in [-0.4, -0.2) is 37.7 Å². The lowest BCUT2D eigenvalue weighted by atomic mass is 10.2. The van der Waals surface area contributed by atoms with E-state index >= 15 is 0 Å². The SMILES string of the molecule is NC(=O)[C@@H]1CCCN1C(=O)/C=C/c1ccccc1[SH](=O)=O. The van der Waals surface area contributed by atoms with Crippen molar-refractivity contribution in [1.82, 2.24) is 4.90 Å². The second-order valence-electron chi connectivity index (χ2n) is 4.74. The molecule has 1 aromatic carbocycles. The molecule has 1 aliphatic heterocycles. The van der Waals surface area contributed by atoms with Gasteiger partial charge in [-0.25, -0.2) is 8.42 Å². The highest BCUT2D eigenvalue weighted by Gasteiger charge is 2.31. The van der Waals surface area contributed by atoms with Gasteiger partial charge in [-0.05, 0) is 30.5 Å². The first-order valence-corrected chi connectivity index (χ1v) is 7.70. The third kappa shape index (κ3) is 3.49. The molecule has 6 nitrogen and oxygen atoms in total. The average Bonchev–Trinajstić information content (AvgIpc) is 2.94. The van der Waals surface area contributed by atoms with Crippen LogP contribution in [0.25, 0.3) is 6.08 Å². The van der Waals surface area contributed by atoms with Crippen LogP contribution in [0.2, 0.25) is 0 Å². The molecule has 0 bridgehead atoms. The van der Waals surface area contributed by atoms with Crippen LogP contribution in [0.15, 0.2) is 35.2 Å². The van der Waals surface area contributed by atoms with Crippen molar-refractivity contribution in [3.05, 3.63) is 35.9 Å². The summed E-state index contributed by atoms with van der Waals surface area (Å²) in [7, 11) is -2.73. The van der Waals surface area contributed by atoms with Crippen LogP contribution in [-0.2, 0) is 20.3 Å². The molecule has 1 fully saturated rings. The van der Waals surface area contributed by atoms with Gasteiger partial charge in [0.1, 0.15) is 6.04 Å². The van der Waals surface area contributed by atoms with E-state index < -0.39 is 22.7 Å². The highest BCUT2D eigenvalue weighted by molar-refractivity contribution is 7.72. The predicted molar refractivity (Wildman–Crippen MR) is 78.0 cm³/mol. The van der Waals surface area contributed by atoms with Crippen molar-refractivity contribution >= 4 is 28.6 Å². The summed E-state index contributed by atoms with van der Waals surface area (Å²) in [5.74, 6) is -0.857. The Morgan fingerprint density at radius 1 is 1.29 bits per heavy atom. The van der Waals surface area contributed by atoms with Gasteiger partial charge in [0, 0.05) is 12.6 Å². The van der Waals surface area contributed by atoms with Gasteiger partial charge in [0.15, 0.2) is 10.7 Å². The molecule has 0 aromatic heterocycles. The van der Waals surface area contributed by atoms with Gasteiger partial charge in [0.2, 0.25) is 11.8 Å². The van der Waals surface area contributed by atoms with E-state index in [1.165, 1.54) is 23.1 Å². The summed E-state index contributed by atoms with van der Waals surface area (Å²) in [5.41, 5.74) is 5.70. The normalized spacial score (nSPS) is 18.5. The molecule has 1 aromatic rings. The minimum atomic E-state index is -2.73. The molecule has 21 heavy (non-hydrogen) atoms. The Bertz CT molecular complexity index is 659. The summed E-state index contributed by atoms with van der Waals surface area (Å²) in [6, 6.07) is 5.81. The van der Waals surface area contributed by atoms with Gasteiger partial charge in [-0.15, -0.1) is 0 Å². The molecule has 0 saturated carbocycles. The fraction of sp³-hybridized carbons (Fsp3) is 0.286. The molecule has 0 aliphatic carbocycles. The summed E-state index contributed by atoms with van der Waals surface area (Å²) in [4.78, 5) is 24.9. The Hall–Kier alpha value is -2.15. The van der Waals surface area contributed by atoms with E-state index in [1.807, 2.05) is 0 Å². The van der Waals surface area contributed by atoms with Crippen molar-refractivity contribution < 1.29 is 18.0 Å². The number of rotatable bonds is 4. The zero-order chi connectivity index (χ0) is 15.4. The quantitative estimate of drug-likeness (QED) is 0.611. The standard InChI is InChI=1S/C14H16N2O4S/c15-14(18)11-5-3-9-16(11)13(17)8-7-10-4-1-2-6-12(10)21(19)20/h1-2,4,6-8,11,21H,3,5,9H2,(H2,15,18)/b8-7+/t11-/m0/s1. The molecule has 2 rings (SSSR count). The highest BCUT2D eigenvalue weighted by atomic mass is 32.2. The van der Waals surface area contributed by atoms with E-state index in [-0.39, 0.29) is 10.8 Å². The first-order chi connectivity index (χ1) is 10.0. The maximum Gasteiger partial charge on any atom is 0.247 e. The van der Waals surface area contributed by atoms with Gasteiger partial charge < -0.3 is 10.6 Å². The zero-order valence-corrected chi connectivity index (χ0v) is 12.2. The Morgan fingerprint density at radius 2 is 2.00 bits per heavy atom. The highest BCUT2D eigenvalue weighted by Crippen LogP contribution is 2.18. The second kappa shape index (κ2) is 6.53.